The monoisotopic (exact) mass is 504 g/mol. The normalized spacial score (nSPS) is 11.8. The number of aromatic nitrogens is 2. The summed E-state index contributed by atoms with van der Waals surface area (Å²) >= 11 is 3.17. The molecule has 2 aromatic heterocycles. The second kappa shape index (κ2) is 8.39. The number of hydrogen-bond donors (Lipinski definition) is 0. The standard InChI is InChI=1S/C22H18BrFN2O4S/c1-14-8-16(25-30-14)10-17(27)13-31(28,29)22-12-26(21-5-3-2-4-18(21)22)11-15-6-7-20(24)19(23)9-15/h2-9,12H,10-11,13H2,1H3. The van der Waals surface area contributed by atoms with Gasteiger partial charge < -0.3 is 9.09 Å². The van der Waals surface area contributed by atoms with Crippen molar-refractivity contribution in [2.24, 2.45) is 0 Å². The summed E-state index contributed by atoms with van der Waals surface area (Å²) in [7, 11) is -3.88. The highest BCUT2D eigenvalue weighted by Gasteiger charge is 2.25. The van der Waals surface area contributed by atoms with E-state index in [1.807, 2.05) is 12.1 Å². The van der Waals surface area contributed by atoms with E-state index < -0.39 is 21.4 Å². The van der Waals surface area contributed by atoms with Crippen LogP contribution in [0.3, 0.4) is 0 Å². The van der Waals surface area contributed by atoms with Crippen molar-refractivity contribution in [3.63, 3.8) is 0 Å². The summed E-state index contributed by atoms with van der Waals surface area (Å²) in [5.41, 5.74) is 1.92. The average Bonchev–Trinajstić information content (AvgIpc) is 3.28. The van der Waals surface area contributed by atoms with Gasteiger partial charge in [0.1, 0.15) is 17.3 Å². The molecule has 0 unspecified atom stereocenters. The first-order chi connectivity index (χ1) is 14.7. The molecular formula is C22H18BrFN2O4S. The average molecular weight is 505 g/mol. The number of hydrogen-bond acceptors (Lipinski definition) is 5. The first kappa shape index (κ1) is 21.5. The minimum absolute atomic E-state index is 0.0916. The number of rotatable bonds is 7. The third-order valence-electron chi connectivity index (χ3n) is 4.83. The van der Waals surface area contributed by atoms with Crippen molar-refractivity contribution in [3.8, 4) is 0 Å². The Morgan fingerprint density at radius 3 is 2.68 bits per heavy atom. The lowest BCUT2D eigenvalue weighted by molar-refractivity contribution is -0.116. The van der Waals surface area contributed by atoms with Gasteiger partial charge >= 0.3 is 0 Å². The van der Waals surface area contributed by atoms with Crippen molar-refractivity contribution < 1.29 is 22.1 Å². The van der Waals surface area contributed by atoms with E-state index in [4.69, 9.17) is 4.52 Å². The van der Waals surface area contributed by atoms with Crippen LogP contribution in [0.2, 0.25) is 0 Å². The molecular weight excluding hydrogens is 487 g/mol. The van der Waals surface area contributed by atoms with Crippen molar-refractivity contribution in [3.05, 3.63) is 82.0 Å². The number of benzene rings is 2. The molecule has 4 rings (SSSR count). The highest BCUT2D eigenvalue weighted by molar-refractivity contribution is 9.10. The van der Waals surface area contributed by atoms with Crippen molar-refractivity contribution in [1.82, 2.24) is 9.72 Å². The molecule has 0 aliphatic heterocycles. The molecule has 0 saturated carbocycles. The van der Waals surface area contributed by atoms with Crippen molar-refractivity contribution in [2.75, 3.05) is 5.75 Å². The number of halogens is 2. The Kier molecular flexibility index (Phi) is 5.81. The minimum Gasteiger partial charge on any atom is -0.361 e. The first-order valence-corrected chi connectivity index (χ1v) is 11.9. The summed E-state index contributed by atoms with van der Waals surface area (Å²) in [4.78, 5) is 12.5. The van der Waals surface area contributed by atoms with E-state index in [1.165, 1.54) is 12.3 Å². The fourth-order valence-corrected chi connectivity index (χ4v) is 5.37. The van der Waals surface area contributed by atoms with Crippen molar-refractivity contribution >= 4 is 42.5 Å². The summed E-state index contributed by atoms with van der Waals surface area (Å²) in [6.45, 7) is 2.05. The molecule has 2 aromatic carbocycles. The van der Waals surface area contributed by atoms with Crippen LogP contribution in [0.1, 0.15) is 17.0 Å². The SMILES string of the molecule is Cc1cc(CC(=O)CS(=O)(=O)c2cn(Cc3ccc(F)c(Br)c3)c3ccccc23)no1. The highest BCUT2D eigenvalue weighted by atomic mass is 79.9. The number of Topliss-reactive ketones (excluding diaryl/α,β-unsaturated/α-hetero) is 1. The van der Waals surface area contributed by atoms with Gasteiger partial charge in [0.25, 0.3) is 0 Å². The summed E-state index contributed by atoms with van der Waals surface area (Å²) in [5.74, 6) is -0.909. The number of aryl methyl sites for hydroxylation is 1. The number of carbonyl (C=O) groups excluding carboxylic acids is 1. The number of para-hydroxylation sites is 1. The third kappa shape index (κ3) is 4.62. The van der Waals surface area contributed by atoms with Crippen molar-refractivity contribution in [1.29, 1.82) is 0 Å². The van der Waals surface area contributed by atoms with Gasteiger partial charge in [-0.2, -0.15) is 0 Å². The summed E-state index contributed by atoms with van der Waals surface area (Å²) in [5, 5.41) is 4.28. The molecule has 0 saturated heterocycles. The van der Waals surface area contributed by atoms with Gasteiger partial charge in [0.15, 0.2) is 15.6 Å². The smallest absolute Gasteiger partial charge is 0.187 e. The lowest BCUT2D eigenvalue weighted by atomic mass is 10.2. The van der Waals surface area contributed by atoms with Gasteiger partial charge in [-0.1, -0.05) is 29.4 Å². The maximum Gasteiger partial charge on any atom is 0.187 e. The summed E-state index contributed by atoms with van der Waals surface area (Å²) in [6.07, 6.45) is 1.42. The Labute approximate surface area is 186 Å². The van der Waals surface area contributed by atoms with Crippen LogP contribution in [0, 0.1) is 12.7 Å². The van der Waals surface area contributed by atoms with Crippen LogP contribution in [0.5, 0.6) is 0 Å². The second-order valence-corrected chi connectivity index (χ2v) is 10.1. The van der Waals surface area contributed by atoms with Crippen LogP contribution in [-0.2, 0) is 27.6 Å². The van der Waals surface area contributed by atoms with E-state index in [0.29, 0.717) is 33.4 Å². The maximum absolute atomic E-state index is 13.6. The van der Waals surface area contributed by atoms with Crippen LogP contribution in [-0.4, -0.2) is 29.7 Å². The maximum atomic E-state index is 13.6. The van der Waals surface area contributed by atoms with Crippen molar-refractivity contribution in [2.45, 2.75) is 24.8 Å². The molecule has 6 nitrogen and oxygen atoms in total. The Balaban J connectivity index is 1.65. The number of ketones is 1. The molecule has 0 fully saturated rings. The molecule has 0 atom stereocenters. The molecule has 0 N–H and O–H groups in total. The molecule has 160 valence electrons. The lowest BCUT2D eigenvalue weighted by Crippen LogP contribution is -2.18. The molecule has 0 bridgehead atoms. The van der Waals surface area contributed by atoms with Gasteiger partial charge in [-0.3, -0.25) is 4.79 Å². The van der Waals surface area contributed by atoms with Gasteiger partial charge in [-0.25, -0.2) is 12.8 Å². The Hall–Kier alpha value is -2.78. The van der Waals surface area contributed by atoms with Gasteiger partial charge in [0.2, 0.25) is 0 Å². The van der Waals surface area contributed by atoms with Gasteiger partial charge in [0, 0.05) is 29.7 Å². The minimum atomic E-state index is -3.88. The Morgan fingerprint density at radius 2 is 1.97 bits per heavy atom. The fourth-order valence-electron chi connectivity index (χ4n) is 3.47. The number of nitrogens with zero attached hydrogens (tertiary/aromatic N) is 2. The Bertz CT molecular complexity index is 1390. The summed E-state index contributed by atoms with van der Waals surface area (Å²) in [6, 6.07) is 13.4. The van der Waals surface area contributed by atoms with E-state index in [9.17, 15) is 17.6 Å². The fraction of sp³-hybridized carbons (Fsp3) is 0.182. The molecule has 0 spiro atoms. The van der Waals surface area contributed by atoms with E-state index in [0.717, 1.165) is 5.56 Å². The second-order valence-electron chi connectivity index (χ2n) is 7.29. The number of sulfone groups is 1. The zero-order chi connectivity index (χ0) is 22.2. The van der Waals surface area contributed by atoms with Gasteiger partial charge in [0.05, 0.1) is 21.5 Å². The van der Waals surface area contributed by atoms with E-state index >= 15 is 0 Å². The van der Waals surface area contributed by atoms with Gasteiger partial charge in [-0.05, 0) is 46.6 Å². The molecule has 0 amide bonds. The van der Waals surface area contributed by atoms with Gasteiger partial charge in [-0.15, -0.1) is 0 Å². The first-order valence-electron chi connectivity index (χ1n) is 9.41. The third-order valence-corrected chi connectivity index (χ3v) is 7.14. The molecule has 4 aromatic rings. The van der Waals surface area contributed by atoms with Crippen LogP contribution in [0.25, 0.3) is 10.9 Å². The lowest BCUT2D eigenvalue weighted by Gasteiger charge is -2.06. The molecule has 31 heavy (non-hydrogen) atoms. The quantitative estimate of drug-likeness (QED) is 0.370. The highest BCUT2D eigenvalue weighted by Crippen LogP contribution is 2.28. The predicted molar refractivity (Wildman–Crippen MR) is 117 cm³/mol. The van der Waals surface area contributed by atoms with E-state index in [2.05, 4.69) is 21.1 Å². The zero-order valence-electron chi connectivity index (χ0n) is 16.5. The molecule has 0 radical (unpaired) electrons. The van der Waals surface area contributed by atoms with Crippen LogP contribution in [0.4, 0.5) is 4.39 Å². The Morgan fingerprint density at radius 1 is 1.19 bits per heavy atom. The van der Waals surface area contributed by atoms with Crippen LogP contribution in [0.15, 0.2) is 68.6 Å². The van der Waals surface area contributed by atoms with E-state index in [-0.39, 0.29) is 17.1 Å². The van der Waals surface area contributed by atoms with E-state index in [1.54, 1.807) is 41.8 Å². The zero-order valence-corrected chi connectivity index (χ0v) is 18.9. The summed E-state index contributed by atoms with van der Waals surface area (Å²) < 4.78 is 46.8. The number of carbonyl (C=O) groups is 1. The predicted octanol–water partition coefficient (Wildman–Crippen LogP) is 4.47. The molecule has 0 aliphatic carbocycles. The molecule has 9 heteroatoms. The number of fused-ring (bicyclic) bond motifs is 1. The largest absolute Gasteiger partial charge is 0.361 e. The molecule has 0 aliphatic rings. The molecule has 2 heterocycles. The topological polar surface area (TPSA) is 82.2 Å². The van der Waals surface area contributed by atoms with Crippen LogP contribution < -0.4 is 0 Å². The van der Waals surface area contributed by atoms with Crippen LogP contribution >= 0.6 is 15.9 Å².